The van der Waals surface area contributed by atoms with Crippen molar-refractivity contribution in [2.75, 3.05) is 0 Å². The van der Waals surface area contributed by atoms with E-state index in [0.29, 0.717) is 0 Å². The standard InChI is InChI=1S/C8H4ClFO4/c9-3-1-4(7(11)12)6(10)5(2-3)8(13)14/h1-2H,(H,11,12)(H,13,14). The van der Waals surface area contributed by atoms with Gasteiger partial charge in [-0.1, -0.05) is 11.6 Å². The van der Waals surface area contributed by atoms with Crippen LogP contribution in [-0.2, 0) is 0 Å². The van der Waals surface area contributed by atoms with Gasteiger partial charge in [0.05, 0.1) is 11.1 Å². The maximum atomic E-state index is 13.1. The van der Waals surface area contributed by atoms with Crippen molar-refractivity contribution in [1.29, 1.82) is 0 Å². The summed E-state index contributed by atoms with van der Waals surface area (Å²) in [6, 6.07) is 1.71. The molecule has 0 aliphatic heterocycles. The van der Waals surface area contributed by atoms with E-state index >= 15 is 0 Å². The van der Waals surface area contributed by atoms with Gasteiger partial charge in [0, 0.05) is 5.02 Å². The van der Waals surface area contributed by atoms with Gasteiger partial charge in [-0.15, -0.1) is 0 Å². The largest absolute Gasteiger partial charge is 0.478 e. The molecule has 0 saturated heterocycles. The lowest BCUT2D eigenvalue weighted by Crippen LogP contribution is -2.08. The normalized spacial score (nSPS) is 9.86. The van der Waals surface area contributed by atoms with Crippen molar-refractivity contribution in [3.05, 3.63) is 34.1 Å². The Morgan fingerprint density at radius 2 is 1.50 bits per heavy atom. The molecule has 0 amide bonds. The highest BCUT2D eigenvalue weighted by Gasteiger charge is 2.19. The molecule has 0 radical (unpaired) electrons. The minimum absolute atomic E-state index is 0.138. The summed E-state index contributed by atoms with van der Waals surface area (Å²) in [5, 5.41) is 16.9. The first-order valence-corrected chi connectivity index (χ1v) is 3.77. The summed E-state index contributed by atoms with van der Waals surface area (Å²) in [7, 11) is 0. The van der Waals surface area contributed by atoms with E-state index in [1.165, 1.54) is 0 Å². The zero-order valence-electron chi connectivity index (χ0n) is 6.62. The number of halogens is 2. The van der Waals surface area contributed by atoms with Gasteiger partial charge >= 0.3 is 11.9 Å². The highest BCUT2D eigenvalue weighted by atomic mass is 35.5. The molecule has 2 N–H and O–H groups in total. The molecule has 1 aromatic rings. The number of carboxylic acids is 2. The average Bonchev–Trinajstić information content (AvgIpc) is 2.07. The van der Waals surface area contributed by atoms with Crippen LogP contribution >= 0.6 is 11.6 Å². The summed E-state index contributed by atoms with van der Waals surface area (Å²) in [6.45, 7) is 0. The molecule has 0 atom stereocenters. The summed E-state index contributed by atoms with van der Waals surface area (Å²) in [5.74, 6) is -4.42. The summed E-state index contributed by atoms with van der Waals surface area (Å²) in [6.07, 6.45) is 0. The van der Waals surface area contributed by atoms with Crippen molar-refractivity contribution < 1.29 is 24.2 Å². The highest BCUT2D eigenvalue weighted by Crippen LogP contribution is 2.19. The number of rotatable bonds is 2. The Morgan fingerprint density at radius 3 is 1.79 bits per heavy atom. The maximum Gasteiger partial charge on any atom is 0.338 e. The van der Waals surface area contributed by atoms with Crippen LogP contribution in [0.5, 0.6) is 0 Å². The lowest BCUT2D eigenvalue weighted by Gasteiger charge is -2.02. The van der Waals surface area contributed by atoms with Crippen molar-refractivity contribution in [2.24, 2.45) is 0 Å². The Bertz CT molecular complexity index is 381. The number of carboxylic acid groups (broad SMARTS) is 2. The second-order valence-electron chi connectivity index (χ2n) is 2.43. The second kappa shape index (κ2) is 3.63. The number of benzene rings is 1. The molecule has 0 unspecified atom stereocenters. The van der Waals surface area contributed by atoms with Crippen LogP contribution in [0.3, 0.4) is 0 Å². The van der Waals surface area contributed by atoms with Gasteiger partial charge in [0.25, 0.3) is 0 Å². The smallest absolute Gasteiger partial charge is 0.338 e. The van der Waals surface area contributed by atoms with Crippen LogP contribution in [0.15, 0.2) is 12.1 Å². The Hall–Kier alpha value is -1.62. The Morgan fingerprint density at radius 1 is 1.14 bits per heavy atom. The van der Waals surface area contributed by atoms with E-state index in [0.717, 1.165) is 12.1 Å². The third kappa shape index (κ3) is 1.82. The predicted molar refractivity (Wildman–Crippen MR) is 45.3 cm³/mol. The lowest BCUT2D eigenvalue weighted by atomic mass is 10.1. The predicted octanol–water partition coefficient (Wildman–Crippen LogP) is 1.88. The van der Waals surface area contributed by atoms with Crippen molar-refractivity contribution in [1.82, 2.24) is 0 Å². The topological polar surface area (TPSA) is 74.6 Å². The van der Waals surface area contributed by atoms with Crippen molar-refractivity contribution in [3.8, 4) is 0 Å². The van der Waals surface area contributed by atoms with Crippen LogP contribution < -0.4 is 0 Å². The first-order chi connectivity index (χ1) is 6.43. The molecule has 0 aliphatic rings. The Balaban J connectivity index is 3.47. The zero-order valence-corrected chi connectivity index (χ0v) is 7.38. The van der Waals surface area contributed by atoms with Gasteiger partial charge in [-0.3, -0.25) is 0 Å². The fourth-order valence-corrected chi connectivity index (χ4v) is 1.12. The van der Waals surface area contributed by atoms with Gasteiger partial charge < -0.3 is 10.2 Å². The second-order valence-corrected chi connectivity index (χ2v) is 2.86. The molecular weight excluding hydrogens is 215 g/mol. The van der Waals surface area contributed by atoms with Crippen LogP contribution in [0.4, 0.5) is 4.39 Å². The highest BCUT2D eigenvalue weighted by molar-refractivity contribution is 6.31. The molecule has 1 rings (SSSR count). The molecule has 0 fully saturated rings. The van der Waals surface area contributed by atoms with E-state index in [2.05, 4.69) is 0 Å². The molecule has 74 valence electrons. The fraction of sp³-hybridized carbons (Fsp3) is 0. The van der Waals surface area contributed by atoms with Gasteiger partial charge in [-0.05, 0) is 12.1 Å². The first kappa shape index (κ1) is 10.5. The van der Waals surface area contributed by atoms with Gasteiger partial charge in [0.15, 0.2) is 5.82 Å². The third-order valence-electron chi connectivity index (χ3n) is 1.50. The van der Waals surface area contributed by atoms with Gasteiger partial charge in [-0.25, -0.2) is 14.0 Å². The third-order valence-corrected chi connectivity index (χ3v) is 1.72. The molecule has 0 aromatic heterocycles. The number of carbonyl (C=O) groups is 2. The molecule has 0 bridgehead atoms. The lowest BCUT2D eigenvalue weighted by molar-refractivity contribution is 0.0688. The van der Waals surface area contributed by atoms with E-state index in [-0.39, 0.29) is 5.02 Å². The van der Waals surface area contributed by atoms with Crippen LogP contribution in [-0.4, -0.2) is 22.2 Å². The van der Waals surface area contributed by atoms with Crippen molar-refractivity contribution in [2.45, 2.75) is 0 Å². The minimum atomic E-state index is -1.56. The van der Waals surface area contributed by atoms with Crippen LogP contribution in [0.1, 0.15) is 20.7 Å². The van der Waals surface area contributed by atoms with Crippen molar-refractivity contribution >= 4 is 23.5 Å². The summed E-state index contributed by atoms with van der Waals surface area (Å²) >= 11 is 5.42. The summed E-state index contributed by atoms with van der Waals surface area (Å²) in [4.78, 5) is 20.9. The minimum Gasteiger partial charge on any atom is -0.478 e. The molecule has 0 heterocycles. The first-order valence-electron chi connectivity index (χ1n) is 3.39. The molecule has 0 aliphatic carbocycles. The Labute approximate surface area is 82.5 Å². The molecule has 14 heavy (non-hydrogen) atoms. The van der Waals surface area contributed by atoms with Gasteiger partial charge in [0.2, 0.25) is 0 Å². The van der Waals surface area contributed by atoms with E-state index in [1.807, 2.05) is 0 Å². The van der Waals surface area contributed by atoms with E-state index in [9.17, 15) is 14.0 Å². The quantitative estimate of drug-likeness (QED) is 0.795. The number of aromatic carboxylic acids is 2. The number of hydrogen-bond acceptors (Lipinski definition) is 2. The molecule has 0 spiro atoms. The van der Waals surface area contributed by atoms with E-state index in [1.54, 1.807) is 0 Å². The fourth-order valence-electron chi connectivity index (χ4n) is 0.900. The van der Waals surface area contributed by atoms with E-state index < -0.39 is 28.9 Å². The zero-order chi connectivity index (χ0) is 10.9. The van der Waals surface area contributed by atoms with Crippen LogP contribution in [0.25, 0.3) is 0 Å². The maximum absolute atomic E-state index is 13.1. The summed E-state index contributed by atoms with van der Waals surface area (Å²) in [5.41, 5.74) is -1.51. The van der Waals surface area contributed by atoms with Crippen LogP contribution in [0, 0.1) is 5.82 Å². The van der Waals surface area contributed by atoms with Gasteiger partial charge in [-0.2, -0.15) is 0 Å². The van der Waals surface area contributed by atoms with Gasteiger partial charge in [0.1, 0.15) is 0 Å². The number of hydrogen-bond donors (Lipinski definition) is 2. The Kier molecular flexibility index (Phi) is 2.71. The SMILES string of the molecule is O=C(O)c1cc(Cl)cc(C(=O)O)c1F. The molecular formula is C8H4ClFO4. The average molecular weight is 219 g/mol. The summed E-state index contributed by atoms with van der Waals surface area (Å²) < 4.78 is 13.1. The molecule has 6 heteroatoms. The molecule has 0 saturated carbocycles. The molecule has 4 nitrogen and oxygen atoms in total. The van der Waals surface area contributed by atoms with Crippen LogP contribution in [0.2, 0.25) is 5.02 Å². The monoisotopic (exact) mass is 218 g/mol. The van der Waals surface area contributed by atoms with E-state index in [4.69, 9.17) is 21.8 Å². The van der Waals surface area contributed by atoms with Crippen molar-refractivity contribution in [3.63, 3.8) is 0 Å². The molecule has 1 aromatic carbocycles.